The standard InChI is InChI=1S/C18H21Cl2N5/c1-5-15-16(24(6-2)7-3)18-22-11(4)21-17(25(18)23-15)13-9-8-12(19)10-14(13)20/h8-10H,5-7H2,1-4H3. The molecule has 7 heteroatoms. The summed E-state index contributed by atoms with van der Waals surface area (Å²) >= 11 is 12.5. The van der Waals surface area contributed by atoms with Crippen molar-refractivity contribution in [2.45, 2.75) is 34.1 Å². The molecule has 0 aliphatic rings. The fourth-order valence-electron chi connectivity index (χ4n) is 3.02. The van der Waals surface area contributed by atoms with Crippen LogP contribution in [0.1, 0.15) is 32.3 Å². The fraction of sp³-hybridized carbons (Fsp3) is 0.389. The van der Waals surface area contributed by atoms with E-state index in [4.69, 9.17) is 28.3 Å². The van der Waals surface area contributed by atoms with Gasteiger partial charge in [0.25, 0.3) is 0 Å². The predicted molar refractivity (Wildman–Crippen MR) is 104 cm³/mol. The van der Waals surface area contributed by atoms with Crippen molar-refractivity contribution in [3.8, 4) is 11.4 Å². The molecular formula is C18H21Cl2N5. The summed E-state index contributed by atoms with van der Waals surface area (Å²) in [6.45, 7) is 10.0. The van der Waals surface area contributed by atoms with E-state index in [1.807, 2.05) is 19.1 Å². The molecule has 0 bridgehead atoms. The Morgan fingerprint density at radius 2 is 1.80 bits per heavy atom. The van der Waals surface area contributed by atoms with Crippen molar-refractivity contribution in [1.82, 2.24) is 19.6 Å². The van der Waals surface area contributed by atoms with Gasteiger partial charge < -0.3 is 4.90 Å². The van der Waals surface area contributed by atoms with Crippen molar-refractivity contribution in [3.05, 3.63) is 39.8 Å². The van der Waals surface area contributed by atoms with Gasteiger partial charge in [0.2, 0.25) is 0 Å². The smallest absolute Gasteiger partial charge is 0.183 e. The summed E-state index contributed by atoms with van der Waals surface area (Å²) in [6.07, 6.45) is 0.821. The summed E-state index contributed by atoms with van der Waals surface area (Å²) in [5.74, 6) is 1.36. The Morgan fingerprint density at radius 3 is 2.40 bits per heavy atom. The second kappa shape index (κ2) is 7.18. The Kier molecular flexibility index (Phi) is 5.16. The largest absolute Gasteiger partial charge is 0.368 e. The van der Waals surface area contributed by atoms with E-state index in [1.54, 1.807) is 10.6 Å². The van der Waals surface area contributed by atoms with Crippen molar-refractivity contribution >= 4 is 34.5 Å². The Labute approximate surface area is 157 Å². The molecule has 2 aromatic heterocycles. The van der Waals surface area contributed by atoms with E-state index < -0.39 is 0 Å². The summed E-state index contributed by atoms with van der Waals surface area (Å²) in [5.41, 5.74) is 3.69. The van der Waals surface area contributed by atoms with Crippen molar-refractivity contribution in [3.63, 3.8) is 0 Å². The van der Waals surface area contributed by atoms with Crippen LogP contribution < -0.4 is 4.90 Å². The van der Waals surface area contributed by atoms with Crippen LogP contribution in [0.3, 0.4) is 0 Å². The molecule has 0 radical (unpaired) electrons. The van der Waals surface area contributed by atoms with E-state index in [0.717, 1.165) is 42.1 Å². The van der Waals surface area contributed by atoms with E-state index >= 15 is 0 Å². The fourth-order valence-corrected chi connectivity index (χ4v) is 3.51. The van der Waals surface area contributed by atoms with Crippen LogP contribution in [0, 0.1) is 6.92 Å². The van der Waals surface area contributed by atoms with Gasteiger partial charge in [0.15, 0.2) is 11.5 Å². The van der Waals surface area contributed by atoms with Gasteiger partial charge in [0, 0.05) is 23.7 Å². The monoisotopic (exact) mass is 377 g/mol. The average molecular weight is 378 g/mol. The first kappa shape index (κ1) is 18.0. The lowest BCUT2D eigenvalue weighted by molar-refractivity contribution is 0.845. The third kappa shape index (κ3) is 3.18. The third-order valence-corrected chi connectivity index (χ3v) is 4.78. The molecule has 0 fully saturated rings. The highest BCUT2D eigenvalue weighted by molar-refractivity contribution is 6.36. The maximum Gasteiger partial charge on any atom is 0.183 e. The summed E-state index contributed by atoms with van der Waals surface area (Å²) in [4.78, 5) is 11.6. The minimum atomic E-state index is 0.546. The molecule has 0 N–H and O–H groups in total. The molecule has 0 aliphatic carbocycles. The van der Waals surface area contributed by atoms with Gasteiger partial charge in [-0.2, -0.15) is 9.61 Å². The minimum Gasteiger partial charge on any atom is -0.368 e. The number of anilines is 1. The normalized spacial score (nSPS) is 11.3. The first-order valence-electron chi connectivity index (χ1n) is 8.46. The van der Waals surface area contributed by atoms with Gasteiger partial charge in [-0.1, -0.05) is 30.1 Å². The van der Waals surface area contributed by atoms with Gasteiger partial charge in [-0.3, -0.25) is 0 Å². The molecule has 0 amide bonds. The summed E-state index contributed by atoms with van der Waals surface area (Å²) in [6, 6.07) is 5.40. The molecule has 0 aliphatic heterocycles. The average Bonchev–Trinajstić information content (AvgIpc) is 2.94. The van der Waals surface area contributed by atoms with Gasteiger partial charge in [-0.15, -0.1) is 0 Å². The van der Waals surface area contributed by atoms with Crippen LogP contribution in [-0.2, 0) is 6.42 Å². The number of hydrogen-bond donors (Lipinski definition) is 0. The molecular weight excluding hydrogens is 357 g/mol. The van der Waals surface area contributed by atoms with E-state index in [0.29, 0.717) is 21.7 Å². The zero-order valence-corrected chi connectivity index (χ0v) is 16.4. The lowest BCUT2D eigenvalue weighted by Crippen LogP contribution is -2.23. The number of fused-ring (bicyclic) bond motifs is 1. The maximum absolute atomic E-state index is 6.42. The van der Waals surface area contributed by atoms with E-state index in [9.17, 15) is 0 Å². The Morgan fingerprint density at radius 1 is 1.08 bits per heavy atom. The Hall–Kier alpha value is -1.85. The number of rotatable bonds is 5. The number of benzene rings is 1. The maximum atomic E-state index is 6.42. The summed E-state index contributed by atoms with van der Waals surface area (Å²) < 4.78 is 1.80. The van der Waals surface area contributed by atoms with E-state index in [2.05, 4.69) is 35.6 Å². The molecule has 132 valence electrons. The van der Waals surface area contributed by atoms with E-state index in [1.165, 1.54) is 0 Å². The number of nitrogens with zero attached hydrogens (tertiary/aromatic N) is 5. The molecule has 1 aromatic carbocycles. The lowest BCUT2D eigenvalue weighted by Gasteiger charge is -2.20. The first-order valence-corrected chi connectivity index (χ1v) is 9.22. The topological polar surface area (TPSA) is 46.3 Å². The van der Waals surface area contributed by atoms with Crippen molar-refractivity contribution < 1.29 is 0 Å². The second-order valence-corrected chi connectivity index (χ2v) is 6.62. The van der Waals surface area contributed by atoms with Crippen LogP contribution in [0.15, 0.2) is 18.2 Å². The quantitative estimate of drug-likeness (QED) is 0.639. The predicted octanol–water partition coefficient (Wildman–Crippen LogP) is 4.82. The number of aromatic nitrogens is 4. The molecule has 0 atom stereocenters. The highest BCUT2D eigenvalue weighted by atomic mass is 35.5. The second-order valence-electron chi connectivity index (χ2n) is 5.78. The Balaban J connectivity index is 2.34. The van der Waals surface area contributed by atoms with Crippen LogP contribution in [0.25, 0.3) is 17.0 Å². The SMILES string of the molecule is CCc1nn2c(-c3ccc(Cl)cc3Cl)nc(C)nc2c1N(CC)CC. The molecule has 2 heterocycles. The van der Waals surface area contributed by atoms with Crippen molar-refractivity contribution in [2.24, 2.45) is 0 Å². The number of hydrogen-bond acceptors (Lipinski definition) is 4. The third-order valence-electron chi connectivity index (χ3n) is 4.23. The molecule has 5 nitrogen and oxygen atoms in total. The van der Waals surface area contributed by atoms with Crippen LogP contribution >= 0.6 is 23.2 Å². The number of halogens is 2. The van der Waals surface area contributed by atoms with Crippen molar-refractivity contribution in [2.75, 3.05) is 18.0 Å². The van der Waals surface area contributed by atoms with Gasteiger partial charge in [0.1, 0.15) is 11.5 Å². The van der Waals surface area contributed by atoms with Crippen LogP contribution in [0.5, 0.6) is 0 Å². The Bertz CT molecular complexity index is 915. The van der Waals surface area contributed by atoms with Crippen molar-refractivity contribution in [1.29, 1.82) is 0 Å². The highest BCUT2D eigenvalue weighted by Crippen LogP contribution is 2.32. The highest BCUT2D eigenvalue weighted by Gasteiger charge is 2.21. The molecule has 3 aromatic rings. The van der Waals surface area contributed by atoms with Gasteiger partial charge in [0.05, 0.1) is 10.7 Å². The zero-order chi connectivity index (χ0) is 18.1. The summed E-state index contributed by atoms with van der Waals surface area (Å²) in [7, 11) is 0. The molecule has 25 heavy (non-hydrogen) atoms. The minimum absolute atomic E-state index is 0.546. The summed E-state index contributed by atoms with van der Waals surface area (Å²) in [5, 5.41) is 5.93. The molecule has 0 spiro atoms. The molecule has 0 saturated carbocycles. The molecule has 0 saturated heterocycles. The lowest BCUT2D eigenvalue weighted by atomic mass is 10.2. The van der Waals surface area contributed by atoms with Gasteiger partial charge in [-0.25, -0.2) is 9.97 Å². The molecule has 0 unspecified atom stereocenters. The van der Waals surface area contributed by atoms with Gasteiger partial charge >= 0.3 is 0 Å². The van der Waals surface area contributed by atoms with E-state index in [-0.39, 0.29) is 0 Å². The van der Waals surface area contributed by atoms with Gasteiger partial charge in [-0.05, 0) is 45.4 Å². The van der Waals surface area contributed by atoms with Crippen LogP contribution in [0.2, 0.25) is 10.0 Å². The number of aryl methyl sites for hydroxylation is 2. The first-order chi connectivity index (χ1) is 12.0. The molecule has 3 rings (SSSR count). The van der Waals surface area contributed by atoms with Crippen LogP contribution in [-0.4, -0.2) is 32.7 Å². The zero-order valence-electron chi connectivity index (χ0n) is 14.8. The van der Waals surface area contributed by atoms with Crippen LogP contribution in [0.4, 0.5) is 5.69 Å².